The molecule has 2 rings (SSSR count). The van der Waals surface area contributed by atoms with Gasteiger partial charge in [0.25, 0.3) is 0 Å². The molecular formula is C11H15N3. The second-order valence-corrected chi connectivity index (χ2v) is 4.53. The van der Waals surface area contributed by atoms with Gasteiger partial charge >= 0.3 is 0 Å². The van der Waals surface area contributed by atoms with Gasteiger partial charge in [-0.1, -0.05) is 0 Å². The summed E-state index contributed by atoms with van der Waals surface area (Å²) in [6.45, 7) is 6.47. The third-order valence-corrected chi connectivity index (χ3v) is 2.29. The van der Waals surface area contributed by atoms with Crippen LogP contribution in [0, 0.1) is 0 Å². The molecule has 74 valence electrons. The van der Waals surface area contributed by atoms with Gasteiger partial charge in [-0.15, -0.1) is 0 Å². The SMILES string of the molecule is CC(C)(C)n1cnc2cc(N)ccc21. The summed E-state index contributed by atoms with van der Waals surface area (Å²) in [5.74, 6) is 0. The van der Waals surface area contributed by atoms with Crippen molar-refractivity contribution in [1.29, 1.82) is 0 Å². The molecule has 0 atom stereocenters. The van der Waals surface area contributed by atoms with E-state index >= 15 is 0 Å². The monoisotopic (exact) mass is 189 g/mol. The van der Waals surface area contributed by atoms with Gasteiger partial charge < -0.3 is 10.3 Å². The van der Waals surface area contributed by atoms with Gasteiger partial charge in [0.15, 0.2) is 0 Å². The zero-order valence-corrected chi connectivity index (χ0v) is 8.78. The molecular weight excluding hydrogens is 174 g/mol. The van der Waals surface area contributed by atoms with Gasteiger partial charge in [-0.25, -0.2) is 4.98 Å². The lowest BCUT2D eigenvalue weighted by Gasteiger charge is -2.21. The van der Waals surface area contributed by atoms with Gasteiger partial charge in [-0.2, -0.15) is 0 Å². The molecule has 0 saturated carbocycles. The molecule has 1 aromatic heterocycles. The Hall–Kier alpha value is -1.51. The van der Waals surface area contributed by atoms with Crippen LogP contribution < -0.4 is 5.73 Å². The molecule has 0 amide bonds. The highest BCUT2D eigenvalue weighted by Crippen LogP contribution is 2.22. The van der Waals surface area contributed by atoms with Crippen molar-refractivity contribution >= 4 is 16.7 Å². The Morgan fingerprint density at radius 3 is 2.64 bits per heavy atom. The van der Waals surface area contributed by atoms with E-state index in [1.54, 1.807) is 0 Å². The van der Waals surface area contributed by atoms with Crippen LogP contribution in [0.5, 0.6) is 0 Å². The second-order valence-electron chi connectivity index (χ2n) is 4.53. The maximum Gasteiger partial charge on any atom is 0.0963 e. The lowest BCUT2D eigenvalue weighted by Crippen LogP contribution is -2.20. The largest absolute Gasteiger partial charge is 0.399 e. The molecule has 0 aliphatic heterocycles. The first-order valence-corrected chi connectivity index (χ1v) is 4.71. The number of nitrogens with zero attached hydrogens (tertiary/aromatic N) is 2. The Balaban J connectivity index is 2.70. The predicted molar refractivity (Wildman–Crippen MR) is 59.1 cm³/mol. The first kappa shape index (κ1) is 9.06. The quantitative estimate of drug-likeness (QED) is 0.646. The zero-order chi connectivity index (χ0) is 10.3. The summed E-state index contributed by atoms with van der Waals surface area (Å²) in [5.41, 5.74) is 8.60. The van der Waals surface area contributed by atoms with E-state index in [1.807, 2.05) is 24.5 Å². The summed E-state index contributed by atoms with van der Waals surface area (Å²) in [6.07, 6.45) is 1.87. The van der Waals surface area contributed by atoms with E-state index in [2.05, 4.69) is 30.3 Å². The highest BCUT2D eigenvalue weighted by molar-refractivity contribution is 5.79. The molecule has 0 aliphatic rings. The number of fused-ring (bicyclic) bond motifs is 1. The first-order chi connectivity index (χ1) is 6.48. The molecule has 0 saturated heterocycles. The topological polar surface area (TPSA) is 43.8 Å². The number of aromatic nitrogens is 2. The van der Waals surface area contributed by atoms with E-state index in [0.29, 0.717) is 0 Å². The van der Waals surface area contributed by atoms with E-state index in [4.69, 9.17) is 5.73 Å². The molecule has 2 aromatic rings. The van der Waals surface area contributed by atoms with Crippen molar-refractivity contribution in [2.24, 2.45) is 0 Å². The number of imidazole rings is 1. The Kier molecular flexibility index (Phi) is 1.77. The van der Waals surface area contributed by atoms with Crippen molar-refractivity contribution in [2.45, 2.75) is 26.3 Å². The van der Waals surface area contributed by atoms with Gasteiger partial charge in [-0.05, 0) is 39.0 Å². The molecule has 3 heteroatoms. The van der Waals surface area contributed by atoms with Crippen molar-refractivity contribution in [2.75, 3.05) is 5.73 Å². The average molecular weight is 189 g/mol. The summed E-state index contributed by atoms with van der Waals surface area (Å²) in [5, 5.41) is 0. The van der Waals surface area contributed by atoms with E-state index in [0.717, 1.165) is 16.7 Å². The number of rotatable bonds is 0. The Bertz CT molecular complexity index is 463. The fraction of sp³-hybridized carbons (Fsp3) is 0.364. The van der Waals surface area contributed by atoms with Crippen LogP contribution in [0.25, 0.3) is 11.0 Å². The molecule has 0 bridgehead atoms. The van der Waals surface area contributed by atoms with E-state index in [-0.39, 0.29) is 5.54 Å². The summed E-state index contributed by atoms with van der Waals surface area (Å²) in [6, 6.07) is 5.83. The minimum absolute atomic E-state index is 0.0604. The standard InChI is InChI=1S/C11H15N3/c1-11(2,3)14-7-13-9-6-8(12)4-5-10(9)14/h4-7H,12H2,1-3H3. The first-order valence-electron chi connectivity index (χ1n) is 4.71. The van der Waals surface area contributed by atoms with Crippen molar-refractivity contribution in [3.05, 3.63) is 24.5 Å². The summed E-state index contributed by atoms with van der Waals surface area (Å²) < 4.78 is 2.15. The Labute approximate surface area is 83.6 Å². The van der Waals surface area contributed by atoms with Gasteiger partial charge in [0.2, 0.25) is 0 Å². The zero-order valence-electron chi connectivity index (χ0n) is 8.78. The maximum absolute atomic E-state index is 5.69. The lowest BCUT2D eigenvalue weighted by molar-refractivity contribution is 0.408. The van der Waals surface area contributed by atoms with E-state index in [1.165, 1.54) is 0 Å². The van der Waals surface area contributed by atoms with Crippen LogP contribution in [0.2, 0.25) is 0 Å². The normalized spacial score (nSPS) is 12.2. The molecule has 0 spiro atoms. The molecule has 0 radical (unpaired) electrons. The van der Waals surface area contributed by atoms with Gasteiger partial charge in [-0.3, -0.25) is 0 Å². The number of nitrogens with two attached hydrogens (primary N) is 1. The molecule has 14 heavy (non-hydrogen) atoms. The number of anilines is 1. The van der Waals surface area contributed by atoms with Gasteiger partial charge in [0.1, 0.15) is 0 Å². The molecule has 1 aromatic carbocycles. The van der Waals surface area contributed by atoms with Crippen molar-refractivity contribution in [1.82, 2.24) is 9.55 Å². The summed E-state index contributed by atoms with van der Waals surface area (Å²) >= 11 is 0. The Morgan fingerprint density at radius 2 is 2.00 bits per heavy atom. The van der Waals surface area contributed by atoms with Crippen LogP contribution in [0.15, 0.2) is 24.5 Å². The van der Waals surface area contributed by atoms with E-state index in [9.17, 15) is 0 Å². The van der Waals surface area contributed by atoms with Crippen LogP contribution in [0.1, 0.15) is 20.8 Å². The maximum atomic E-state index is 5.69. The van der Waals surface area contributed by atoms with Crippen LogP contribution in [0.4, 0.5) is 5.69 Å². The second kappa shape index (κ2) is 2.74. The highest BCUT2D eigenvalue weighted by atomic mass is 15.1. The molecule has 2 N–H and O–H groups in total. The lowest BCUT2D eigenvalue weighted by atomic mass is 10.1. The predicted octanol–water partition coefficient (Wildman–Crippen LogP) is 2.37. The molecule has 0 aliphatic carbocycles. The van der Waals surface area contributed by atoms with Crippen molar-refractivity contribution in [3.8, 4) is 0 Å². The van der Waals surface area contributed by atoms with Crippen LogP contribution in [-0.2, 0) is 5.54 Å². The third kappa shape index (κ3) is 1.35. The van der Waals surface area contributed by atoms with Crippen LogP contribution >= 0.6 is 0 Å². The fourth-order valence-electron chi connectivity index (χ4n) is 1.56. The van der Waals surface area contributed by atoms with E-state index < -0.39 is 0 Å². The fourth-order valence-corrected chi connectivity index (χ4v) is 1.56. The minimum atomic E-state index is 0.0604. The van der Waals surface area contributed by atoms with Gasteiger partial charge in [0.05, 0.1) is 17.4 Å². The highest BCUT2D eigenvalue weighted by Gasteiger charge is 2.15. The molecule has 0 fully saturated rings. The third-order valence-electron chi connectivity index (χ3n) is 2.29. The number of benzene rings is 1. The number of nitrogen functional groups attached to an aromatic ring is 1. The summed E-state index contributed by atoms with van der Waals surface area (Å²) in [7, 11) is 0. The molecule has 3 nitrogen and oxygen atoms in total. The summed E-state index contributed by atoms with van der Waals surface area (Å²) in [4.78, 5) is 4.33. The average Bonchev–Trinajstić information content (AvgIpc) is 2.45. The molecule has 0 unspecified atom stereocenters. The number of hydrogen-bond donors (Lipinski definition) is 1. The van der Waals surface area contributed by atoms with Crippen molar-refractivity contribution < 1.29 is 0 Å². The smallest absolute Gasteiger partial charge is 0.0963 e. The molecule has 1 heterocycles. The number of hydrogen-bond acceptors (Lipinski definition) is 2. The minimum Gasteiger partial charge on any atom is -0.399 e. The van der Waals surface area contributed by atoms with Gasteiger partial charge in [0, 0.05) is 11.2 Å². The van der Waals surface area contributed by atoms with Crippen molar-refractivity contribution in [3.63, 3.8) is 0 Å². The Morgan fingerprint density at radius 1 is 1.29 bits per heavy atom. The van der Waals surface area contributed by atoms with Crippen LogP contribution in [-0.4, -0.2) is 9.55 Å². The van der Waals surface area contributed by atoms with Crippen LogP contribution in [0.3, 0.4) is 0 Å².